The number of nitrogens with zero attached hydrogens (tertiary/aromatic N) is 3. The number of fused-ring (bicyclic) bond motifs is 1. The molecule has 1 saturated carbocycles. The third-order valence-corrected chi connectivity index (χ3v) is 7.66. The molecule has 1 aromatic carbocycles. The first-order valence-electron chi connectivity index (χ1n) is 11.6. The minimum Gasteiger partial charge on any atom is -0.465 e. The largest absolute Gasteiger partial charge is 0.465 e. The number of esters is 1. The lowest BCUT2D eigenvalue weighted by Crippen LogP contribution is -2.22. The fourth-order valence-corrected chi connectivity index (χ4v) is 5.83. The van der Waals surface area contributed by atoms with E-state index >= 15 is 0 Å². The molecule has 0 aliphatic heterocycles. The van der Waals surface area contributed by atoms with Gasteiger partial charge in [0.1, 0.15) is 5.69 Å². The van der Waals surface area contributed by atoms with Gasteiger partial charge >= 0.3 is 5.97 Å². The van der Waals surface area contributed by atoms with Gasteiger partial charge in [0.25, 0.3) is 0 Å². The highest BCUT2D eigenvalue weighted by Crippen LogP contribution is 2.39. The van der Waals surface area contributed by atoms with E-state index in [0.717, 1.165) is 53.1 Å². The second-order valence-electron chi connectivity index (χ2n) is 8.94. The van der Waals surface area contributed by atoms with Crippen molar-refractivity contribution in [3.05, 3.63) is 70.0 Å². The van der Waals surface area contributed by atoms with Crippen LogP contribution in [0.15, 0.2) is 54.7 Å². The van der Waals surface area contributed by atoms with Crippen LogP contribution >= 0.6 is 11.3 Å². The van der Waals surface area contributed by atoms with E-state index < -0.39 is 0 Å². The molecule has 0 amide bonds. The summed E-state index contributed by atoms with van der Waals surface area (Å²) in [6.07, 6.45) is 6.41. The van der Waals surface area contributed by atoms with Crippen molar-refractivity contribution in [2.45, 2.75) is 45.1 Å². The number of thiophene rings is 1. The molecule has 5 rings (SSSR count). The Morgan fingerprint density at radius 2 is 2.03 bits per heavy atom. The predicted octanol–water partition coefficient (Wildman–Crippen LogP) is 6.26. The van der Waals surface area contributed by atoms with Crippen molar-refractivity contribution in [2.24, 2.45) is 5.92 Å². The van der Waals surface area contributed by atoms with Crippen LogP contribution in [-0.4, -0.2) is 33.4 Å². The highest BCUT2D eigenvalue weighted by molar-refractivity contribution is 7.14. The molecular weight excluding hydrogens is 446 g/mol. The Labute approximate surface area is 202 Å². The number of benzene rings is 1. The van der Waals surface area contributed by atoms with E-state index in [2.05, 4.69) is 9.55 Å². The molecule has 2 atom stereocenters. The van der Waals surface area contributed by atoms with Gasteiger partial charge in [-0.05, 0) is 74.6 Å². The number of rotatable bonds is 6. The second kappa shape index (κ2) is 9.50. The highest BCUT2D eigenvalue weighted by Gasteiger charge is 2.29. The van der Waals surface area contributed by atoms with Crippen LogP contribution in [0.4, 0.5) is 0 Å². The first-order chi connectivity index (χ1) is 16.5. The molecule has 0 N–H and O–H groups in total. The first kappa shape index (κ1) is 22.5. The SMILES string of the molecule is COC(=O)c1ccc2c(c1)nc(-c1ccccn1)n2[C@H]1CCC[C@@H](CC(=O)c2ccc(C)s2)C1. The van der Waals surface area contributed by atoms with Crippen molar-refractivity contribution < 1.29 is 14.3 Å². The molecule has 1 aliphatic carbocycles. The van der Waals surface area contributed by atoms with E-state index in [9.17, 15) is 9.59 Å². The summed E-state index contributed by atoms with van der Waals surface area (Å²) in [6, 6.07) is 15.5. The number of methoxy groups -OCH3 is 1. The van der Waals surface area contributed by atoms with Crippen LogP contribution in [-0.2, 0) is 4.74 Å². The average molecular weight is 474 g/mol. The van der Waals surface area contributed by atoms with Gasteiger partial charge in [0.2, 0.25) is 0 Å². The number of hydrogen-bond donors (Lipinski definition) is 0. The zero-order chi connectivity index (χ0) is 23.7. The van der Waals surface area contributed by atoms with Crippen LogP contribution < -0.4 is 0 Å². The third kappa shape index (κ3) is 4.40. The van der Waals surface area contributed by atoms with Crippen LogP contribution in [0, 0.1) is 12.8 Å². The topological polar surface area (TPSA) is 74.1 Å². The van der Waals surface area contributed by atoms with E-state index in [1.165, 1.54) is 12.0 Å². The van der Waals surface area contributed by atoms with Crippen LogP contribution in [0.25, 0.3) is 22.6 Å². The number of pyridine rings is 1. The Kier molecular flexibility index (Phi) is 6.28. The first-order valence-corrected chi connectivity index (χ1v) is 12.5. The summed E-state index contributed by atoms with van der Waals surface area (Å²) in [6.45, 7) is 2.03. The Hall–Kier alpha value is -3.32. The van der Waals surface area contributed by atoms with Crippen LogP contribution in [0.5, 0.6) is 0 Å². The monoisotopic (exact) mass is 473 g/mol. The van der Waals surface area contributed by atoms with Gasteiger partial charge in [0, 0.05) is 23.5 Å². The van der Waals surface area contributed by atoms with E-state index in [4.69, 9.17) is 9.72 Å². The van der Waals surface area contributed by atoms with Crippen LogP contribution in [0.1, 0.15) is 63.1 Å². The summed E-state index contributed by atoms with van der Waals surface area (Å²) in [5.41, 5.74) is 2.99. The molecule has 0 spiro atoms. The lowest BCUT2D eigenvalue weighted by Gasteiger charge is -2.31. The van der Waals surface area contributed by atoms with Crippen molar-refractivity contribution in [3.63, 3.8) is 0 Å². The Morgan fingerprint density at radius 1 is 1.15 bits per heavy atom. The van der Waals surface area contributed by atoms with Crippen molar-refractivity contribution in [3.8, 4) is 11.5 Å². The third-order valence-electron chi connectivity index (χ3n) is 6.61. The van der Waals surface area contributed by atoms with Gasteiger partial charge in [-0.3, -0.25) is 9.78 Å². The number of aryl methyl sites for hydroxylation is 1. The summed E-state index contributed by atoms with van der Waals surface area (Å²) < 4.78 is 7.16. The molecule has 3 heterocycles. The van der Waals surface area contributed by atoms with E-state index in [1.54, 1.807) is 29.7 Å². The maximum atomic E-state index is 12.9. The molecule has 7 heteroatoms. The van der Waals surface area contributed by atoms with E-state index in [1.807, 2.05) is 43.3 Å². The Bertz CT molecular complexity index is 1340. The van der Waals surface area contributed by atoms with Crippen molar-refractivity contribution in [1.82, 2.24) is 14.5 Å². The molecule has 0 saturated heterocycles. The summed E-state index contributed by atoms with van der Waals surface area (Å²) in [7, 11) is 1.38. The number of carbonyl (C=O) groups excluding carboxylic acids is 2. The van der Waals surface area contributed by atoms with Gasteiger partial charge in [-0.1, -0.05) is 12.5 Å². The van der Waals surface area contributed by atoms with Crippen molar-refractivity contribution in [1.29, 1.82) is 0 Å². The molecule has 4 aromatic rings. The molecule has 6 nitrogen and oxygen atoms in total. The van der Waals surface area contributed by atoms with Gasteiger partial charge in [-0.15, -0.1) is 11.3 Å². The second-order valence-corrected chi connectivity index (χ2v) is 10.2. The molecule has 0 unspecified atom stereocenters. The summed E-state index contributed by atoms with van der Waals surface area (Å²) >= 11 is 1.58. The Morgan fingerprint density at radius 3 is 2.76 bits per heavy atom. The fourth-order valence-electron chi connectivity index (χ4n) is 5.02. The van der Waals surface area contributed by atoms with Crippen molar-refractivity contribution >= 4 is 34.1 Å². The number of Topliss-reactive ketones (excluding diaryl/α,β-unsaturated/α-hetero) is 1. The fraction of sp³-hybridized carbons (Fsp3) is 0.333. The summed E-state index contributed by atoms with van der Waals surface area (Å²) in [5.74, 6) is 0.989. The zero-order valence-electron chi connectivity index (χ0n) is 19.4. The van der Waals surface area contributed by atoms with Crippen LogP contribution in [0.2, 0.25) is 0 Å². The molecule has 3 aromatic heterocycles. The quantitative estimate of drug-likeness (QED) is 0.244. The van der Waals surface area contributed by atoms with Gasteiger partial charge < -0.3 is 9.30 Å². The van der Waals surface area contributed by atoms with Gasteiger partial charge in [-0.25, -0.2) is 9.78 Å². The zero-order valence-corrected chi connectivity index (χ0v) is 20.2. The number of ether oxygens (including phenoxy) is 1. The Balaban J connectivity index is 1.49. The average Bonchev–Trinajstić information content (AvgIpc) is 3.47. The van der Waals surface area contributed by atoms with Crippen LogP contribution in [0.3, 0.4) is 0 Å². The van der Waals surface area contributed by atoms with Gasteiger partial charge in [0.15, 0.2) is 11.6 Å². The number of imidazole rings is 1. The standard InChI is InChI=1S/C27H27N3O3S/c1-17-9-12-25(34-17)24(31)15-18-6-5-7-20(14-18)30-23-11-10-19(27(32)33-2)16-22(23)29-26(30)21-8-3-4-13-28-21/h3-4,8-13,16,18,20H,5-7,14-15H2,1-2H3/t18-,20+/m1/s1. The molecule has 174 valence electrons. The predicted molar refractivity (Wildman–Crippen MR) is 133 cm³/mol. The van der Waals surface area contributed by atoms with Crippen molar-refractivity contribution in [2.75, 3.05) is 7.11 Å². The molecule has 0 bridgehead atoms. The van der Waals surface area contributed by atoms with E-state index in [0.29, 0.717) is 17.9 Å². The smallest absolute Gasteiger partial charge is 0.337 e. The maximum absolute atomic E-state index is 12.9. The van der Waals surface area contributed by atoms with E-state index in [-0.39, 0.29) is 17.8 Å². The van der Waals surface area contributed by atoms with Gasteiger partial charge in [-0.2, -0.15) is 0 Å². The minimum absolute atomic E-state index is 0.211. The van der Waals surface area contributed by atoms with Gasteiger partial charge in [0.05, 0.1) is 28.6 Å². The normalized spacial score (nSPS) is 18.2. The molecule has 1 aliphatic rings. The molecule has 0 radical (unpaired) electrons. The lowest BCUT2D eigenvalue weighted by atomic mass is 9.82. The lowest BCUT2D eigenvalue weighted by molar-refractivity contribution is 0.0600. The maximum Gasteiger partial charge on any atom is 0.337 e. The highest BCUT2D eigenvalue weighted by atomic mass is 32.1. The number of hydrogen-bond acceptors (Lipinski definition) is 6. The summed E-state index contributed by atoms with van der Waals surface area (Å²) in [4.78, 5) is 36.5. The molecule has 1 fully saturated rings. The summed E-state index contributed by atoms with van der Waals surface area (Å²) in [5, 5.41) is 0. The molecule has 34 heavy (non-hydrogen) atoms. The number of aromatic nitrogens is 3. The molecular formula is C27H27N3O3S. The minimum atomic E-state index is -0.379. The number of ketones is 1. The number of carbonyl (C=O) groups is 2.